The molecule has 1 aromatic rings. The summed E-state index contributed by atoms with van der Waals surface area (Å²) in [7, 11) is 0. The number of carbonyl (C=O) groups is 1. The van der Waals surface area contributed by atoms with Crippen LogP contribution in [0.5, 0.6) is 0 Å². The Morgan fingerprint density at radius 1 is 1.40 bits per heavy atom. The van der Waals surface area contributed by atoms with E-state index in [1.807, 2.05) is 19.2 Å². The average Bonchev–Trinajstić information content (AvgIpc) is 2.45. The van der Waals surface area contributed by atoms with E-state index in [9.17, 15) is 4.79 Å². The first-order valence-corrected chi connectivity index (χ1v) is 6.21. The number of hydrogen-bond donors (Lipinski definition) is 1. The predicted octanol–water partition coefficient (Wildman–Crippen LogP) is 3.37. The lowest BCUT2D eigenvalue weighted by Gasteiger charge is -2.09. The van der Waals surface area contributed by atoms with E-state index in [0.29, 0.717) is 10.9 Å². The van der Waals surface area contributed by atoms with E-state index in [0.717, 1.165) is 17.5 Å². The lowest BCUT2D eigenvalue weighted by atomic mass is 9.95. The van der Waals surface area contributed by atoms with Gasteiger partial charge in [0.25, 0.3) is 0 Å². The fraction of sp³-hybridized carbons (Fsp3) is 0.583. The van der Waals surface area contributed by atoms with Gasteiger partial charge in [-0.15, -0.1) is 11.3 Å². The van der Waals surface area contributed by atoms with E-state index in [1.54, 1.807) is 0 Å². The zero-order valence-corrected chi connectivity index (χ0v) is 10.6. The molecule has 15 heavy (non-hydrogen) atoms. The molecule has 0 bridgehead atoms. The van der Waals surface area contributed by atoms with Crippen molar-refractivity contribution >= 4 is 22.1 Å². The summed E-state index contributed by atoms with van der Waals surface area (Å²) >= 11 is 1.48. The van der Waals surface area contributed by atoms with Gasteiger partial charge in [-0.3, -0.25) is 4.79 Å². The van der Waals surface area contributed by atoms with Gasteiger partial charge < -0.3 is 5.73 Å². The van der Waals surface area contributed by atoms with E-state index in [4.69, 9.17) is 5.73 Å². The normalized spacial score (nSPS) is 11.3. The number of rotatable bonds is 4. The third-order valence-electron chi connectivity index (χ3n) is 2.29. The maximum Gasteiger partial charge on any atom is 0.168 e. The fourth-order valence-corrected chi connectivity index (χ4v) is 2.40. The lowest BCUT2D eigenvalue weighted by molar-refractivity contribution is 0.0939. The van der Waals surface area contributed by atoms with Gasteiger partial charge in [0, 0.05) is 5.92 Å². The van der Waals surface area contributed by atoms with Crippen LogP contribution in [0.3, 0.4) is 0 Å². The van der Waals surface area contributed by atoms with Crippen molar-refractivity contribution in [2.75, 3.05) is 5.73 Å². The van der Waals surface area contributed by atoms with Crippen LogP contribution < -0.4 is 5.73 Å². The van der Waals surface area contributed by atoms with E-state index < -0.39 is 0 Å². The van der Waals surface area contributed by atoms with Gasteiger partial charge in [-0.05, 0) is 23.3 Å². The maximum atomic E-state index is 12.0. The Morgan fingerprint density at radius 3 is 2.47 bits per heavy atom. The average molecular weight is 225 g/mol. The largest absolute Gasteiger partial charge is 0.390 e. The summed E-state index contributed by atoms with van der Waals surface area (Å²) in [5.41, 5.74) is 7.74. The van der Waals surface area contributed by atoms with Gasteiger partial charge >= 0.3 is 0 Å². The highest BCUT2D eigenvalue weighted by molar-refractivity contribution is 7.14. The zero-order valence-electron chi connectivity index (χ0n) is 9.83. The molecule has 0 aliphatic carbocycles. The monoisotopic (exact) mass is 225 g/mol. The highest BCUT2D eigenvalue weighted by atomic mass is 32.1. The number of nitrogen functional groups attached to an aromatic ring is 1. The van der Waals surface area contributed by atoms with Gasteiger partial charge in [-0.25, -0.2) is 0 Å². The molecule has 0 spiro atoms. The molecule has 0 amide bonds. The van der Waals surface area contributed by atoms with Gasteiger partial charge in [0.2, 0.25) is 0 Å². The van der Waals surface area contributed by atoms with Crippen LogP contribution in [-0.4, -0.2) is 5.78 Å². The SMILES string of the molecule is CC(C)Cc1csc(N)c1C(=O)C(C)C. The molecular weight excluding hydrogens is 206 g/mol. The minimum atomic E-state index is 0.0211. The van der Waals surface area contributed by atoms with Crippen molar-refractivity contribution in [2.45, 2.75) is 34.1 Å². The first-order valence-electron chi connectivity index (χ1n) is 5.33. The zero-order chi connectivity index (χ0) is 11.6. The molecule has 0 saturated heterocycles. The highest BCUT2D eigenvalue weighted by Gasteiger charge is 2.20. The van der Waals surface area contributed by atoms with Crippen LogP contribution in [0, 0.1) is 11.8 Å². The summed E-state index contributed by atoms with van der Waals surface area (Å²) in [6, 6.07) is 0. The van der Waals surface area contributed by atoms with Crippen LogP contribution in [0.2, 0.25) is 0 Å². The quantitative estimate of drug-likeness (QED) is 0.798. The molecule has 84 valence electrons. The van der Waals surface area contributed by atoms with E-state index >= 15 is 0 Å². The van der Waals surface area contributed by atoms with Crippen molar-refractivity contribution in [1.29, 1.82) is 0 Å². The number of anilines is 1. The molecule has 0 fully saturated rings. The number of carbonyl (C=O) groups excluding carboxylic acids is 1. The topological polar surface area (TPSA) is 43.1 Å². The molecule has 1 heterocycles. The lowest BCUT2D eigenvalue weighted by Crippen LogP contribution is -2.11. The van der Waals surface area contributed by atoms with Crippen molar-refractivity contribution in [3.05, 3.63) is 16.5 Å². The Balaban J connectivity index is 3.04. The van der Waals surface area contributed by atoms with Crippen molar-refractivity contribution in [2.24, 2.45) is 11.8 Å². The molecule has 0 aliphatic heterocycles. The Kier molecular flexibility index (Phi) is 3.91. The molecule has 0 radical (unpaired) electrons. The number of Topliss-reactive ketones (excluding diaryl/α,β-unsaturated/α-hetero) is 1. The fourth-order valence-electron chi connectivity index (χ4n) is 1.57. The van der Waals surface area contributed by atoms with Crippen LogP contribution in [0.4, 0.5) is 5.00 Å². The summed E-state index contributed by atoms with van der Waals surface area (Å²) in [5, 5.41) is 2.69. The molecule has 0 unspecified atom stereocenters. The second-order valence-electron chi connectivity index (χ2n) is 4.62. The van der Waals surface area contributed by atoms with Crippen LogP contribution in [0.1, 0.15) is 43.6 Å². The first kappa shape index (κ1) is 12.2. The van der Waals surface area contributed by atoms with Crippen molar-refractivity contribution in [3.63, 3.8) is 0 Å². The van der Waals surface area contributed by atoms with Crippen LogP contribution in [0.15, 0.2) is 5.38 Å². The first-order chi connectivity index (χ1) is 6.93. The maximum absolute atomic E-state index is 12.0. The summed E-state index contributed by atoms with van der Waals surface area (Å²) in [6.45, 7) is 8.13. The van der Waals surface area contributed by atoms with Gasteiger partial charge in [0.05, 0.1) is 10.6 Å². The van der Waals surface area contributed by atoms with E-state index in [1.165, 1.54) is 11.3 Å². The summed E-state index contributed by atoms with van der Waals surface area (Å²) in [4.78, 5) is 12.0. The summed E-state index contributed by atoms with van der Waals surface area (Å²) < 4.78 is 0. The Bertz CT molecular complexity index is 353. The Morgan fingerprint density at radius 2 is 2.00 bits per heavy atom. The molecule has 0 saturated carbocycles. The number of nitrogens with two attached hydrogens (primary N) is 1. The summed E-state index contributed by atoms with van der Waals surface area (Å²) in [5.74, 6) is 0.745. The van der Waals surface area contributed by atoms with Crippen LogP contribution in [-0.2, 0) is 6.42 Å². The molecular formula is C12H19NOS. The van der Waals surface area contributed by atoms with Gasteiger partial charge in [-0.1, -0.05) is 27.7 Å². The predicted molar refractivity (Wildman–Crippen MR) is 66.4 cm³/mol. The van der Waals surface area contributed by atoms with Crippen LogP contribution in [0.25, 0.3) is 0 Å². The Labute approximate surface area is 95.5 Å². The molecule has 1 aromatic heterocycles. The number of thiophene rings is 1. The molecule has 0 atom stereocenters. The van der Waals surface area contributed by atoms with Crippen molar-refractivity contribution in [3.8, 4) is 0 Å². The van der Waals surface area contributed by atoms with E-state index in [2.05, 4.69) is 13.8 Å². The van der Waals surface area contributed by atoms with Gasteiger partial charge in [0.15, 0.2) is 5.78 Å². The van der Waals surface area contributed by atoms with Crippen molar-refractivity contribution in [1.82, 2.24) is 0 Å². The summed E-state index contributed by atoms with van der Waals surface area (Å²) in [6.07, 6.45) is 0.932. The Hall–Kier alpha value is -0.830. The van der Waals surface area contributed by atoms with Gasteiger partial charge in [0.1, 0.15) is 0 Å². The standard InChI is InChI=1S/C12H19NOS/c1-7(2)5-9-6-15-12(13)10(9)11(14)8(3)4/h6-8H,5,13H2,1-4H3. The molecule has 2 N–H and O–H groups in total. The third kappa shape index (κ3) is 2.81. The van der Waals surface area contributed by atoms with E-state index in [-0.39, 0.29) is 11.7 Å². The molecule has 0 aliphatic rings. The highest BCUT2D eigenvalue weighted by Crippen LogP contribution is 2.29. The molecule has 2 nitrogen and oxygen atoms in total. The smallest absolute Gasteiger partial charge is 0.168 e. The second-order valence-corrected chi connectivity index (χ2v) is 5.53. The minimum absolute atomic E-state index is 0.0211. The van der Waals surface area contributed by atoms with Gasteiger partial charge in [-0.2, -0.15) is 0 Å². The molecule has 1 rings (SSSR count). The molecule has 3 heteroatoms. The van der Waals surface area contributed by atoms with Crippen molar-refractivity contribution < 1.29 is 4.79 Å². The third-order valence-corrected chi connectivity index (χ3v) is 3.16. The second kappa shape index (κ2) is 4.79. The minimum Gasteiger partial charge on any atom is -0.390 e. The number of hydrogen-bond acceptors (Lipinski definition) is 3. The van der Waals surface area contributed by atoms with Crippen LogP contribution >= 0.6 is 11.3 Å². The molecule has 0 aromatic carbocycles. The number of ketones is 1.